The zero-order chi connectivity index (χ0) is 20.1. The number of hydrogen-bond acceptors (Lipinski definition) is 8. The minimum absolute atomic E-state index is 0.147. The molecule has 1 N–H and O–H groups in total. The molecule has 0 aromatic carbocycles. The molecule has 1 amide bonds. The summed E-state index contributed by atoms with van der Waals surface area (Å²) in [6.45, 7) is 4.72. The highest BCUT2D eigenvalue weighted by atomic mass is 32.1. The molecule has 0 bridgehead atoms. The van der Waals surface area contributed by atoms with E-state index in [1.807, 2.05) is 0 Å². The molecule has 2 heterocycles. The van der Waals surface area contributed by atoms with Gasteiger partial charge in [-0.1, -0.05) is 16.4 Å². The van der Waals surface area contributed by atoms with E-state index in [4.69, 9.17) is 14.2 Å². The molecule has 1 fully saturated rings. The Labute approximate surface area is 158 Å². The molecule has 1 aromatic heterocycles. The van der Waals surface area contributed by atoms with Gasteiger partial charge >= 0.3 is 12.5 Å². The van der Waals surface area contributed by atoms with Crippen molar-refractivity contribution in [2.75, 3.05) is 19.8 Å². The van der Waals surface area contributed by atoms with Crippen molar-refractivity contribution in [3.63, 3.8) is 0 Å². The number of ether oxygens (including phenoxy) is 4. The summed E-state index contributed by atoms with van der Waals surface area (Å²) >= 11 is 1.10. The largest absolute Gasteiger partial charge is 0.522 e. The average Bonchev–Trinajstić information content (AvgIpc) is 2.98. The Hall–Kier alpha value is -1.66. The zero-order valence-corrected chi connectivity index (χ0v) is 16.0. The minimum atomic E-state index is -4.69. The van der Waals surface area contributed by atoms with Crippen LogP contribution in [-0.2, 0) is 14.2 Å². The zero-order valence-electron chi connectivity index (χ0n) is 15.2. The van der Waals surface area contributed by atoms with E-state index in [2.05, 4.69) is 20.3 Å². The normalized spacial score (nSPS) is 21.0. The van der Waals surface area contributed by atoms with Gasteiger partial charge in [0.25, 0.3) is 5.19 Å². The van der Waals surface area contributed by atoms with Gasteiger partial charge < -0.3 is 19.5 Å². The molecule has 0 aliphatic carbocycles. The molecule has 1 aliphatic heterocycles. The van der Waals surface area contributed by atoms with E-state index in [-0.39, 0.29) is 23.9 Å². The third kappa shape index (κ3) is 8.26. The van der Waals surface area contributed by atoms with E-state index in [0.29, 0.717) is 24.5 Å². The SMILES string of the molecule is CC(C)(C)OC(=O)N[C@@H]1CC[C@@H](c2nnc(OCCOC(F)(F)F)s2)OC1. The molecular formula is C15H22F3N3O5S. The van der Waals surface area contributed by atoms with Gasteiger partial charge in [0, 0.05) is 0 Å². The van der Waals surface area contributed by atoms with Crippen molar-refractivity contribution in [2.24, 2.45) is 0 Å². The molecule has 2 rings (SSSR count). The summed E-state index contributed by atoms with van der Waals surface area (Å²) in [6.07, 6.45) is -4.22. The van der Waals surface area contributed by atoms with Crippen LogP contribution in [0.2, 0.25) is 0 Å². The summed E-state index contributed by atoms with van der Waals surface area (Å²) in [5.74, 6) is 0. The Morgan fingerprint density at radius 1 is 1.26 bits per heavy atom. The first kappa shape index (κ1) is 21.6. The summed E-state index contributed by atoms with van der Waals surface area (Å²) in [7, 11) is 0. The Morgan fingerprint density at radius 2 is 2.00 bits per heavy atom. The summed E-state index contributed by atoms with van der Waals surface area (Å²) in [6, 6.07) is -0.167. The van der Waals surface area contributed by atoms with Crippen LogP contribution < -0.4 is 10.1 Å². The number of nitrogens with zero attached hydrogens (tertiary/aromatic N) is 2. The molecule has 27 heavy (non-hydrogen) atoms. The lowest BCUT2D eigenvalue weighted by Crippen LogP contribution is -2.43. The smallest absolute Gasteiger partial charge is 0.466 e. The average molecular weight is 413 g/mol. The van der Waals surface area contributed by atoms with Crippen molar-refractivity contribution in [1.82, 2.24) is 15.5 Å². The Kier molecular flexibility index (Phi) is 7.23. The molecule has 0 saturated carbocycles. The van der Waals surface area contributed by atoms with Crippen molar-refractivity contribution < 1.29 is 36.9 Å². The van der Waals surface area contributed by atoms with Crippen molar-refractivity contribution >= 4 is 17.4 Å². The fourth-order valence-electron chi connectivity index (χ4n) is 2.23. The van der Waals surface area contributed by atoms with Gasteiger partial charge in [0.2, 0.25) is 0 Å². The van der Waals surface area contributed by atoms with Crippen molar-refractivity contribution in [2.45, 2.75) is 57.7 Å². The molecular weight excluding hydrogens is 391 g/mol. The van der Waals surface area contributed by atoms with Gasteiger partial charge in [-0.3, -0.25) is 4.74 Å². The number of rotatable bonds is 6. The number of carbonyl (C=O) groups is 1. The van der Waals surface area contributed by atoms with E-state index in [1.165, 1.54) is 0 Å². The first-order valence-corrected chi connectivity index (χ1v) is 9.11. The number of hydrogen-bond donors (Lipinski definition) is 1. The van der Waals surface area contributed by atoms with Crippen LogP contribution in [0.5, 0.6) is 5.19 Å². The van der Waals surface area contributed by atoms with Gasteiger partial charge in [0.15, 0.2) is 0 Å². The number of halogens is 3. The van der Waals surface area contributed by atoms with Crippen LogP contribution in [0.1, 0.15) is 44.7 Å². The van der Waals surface area contributed by atoms with Crippen LogP contribution in [-0.4, -0.2) is 54.1 Å². The molecule has 0 radical (unpaired) electrons. The number of alkyl halides is 3. The maximum absolute atomic E-state index is 11.9. The lowest BCUT2D eigenvalue weighted by Gasteiger charge is -2.29. The van der Waals surface area contributed by atoms with Crippen LogP contribution in [0.3, 0.4) is 0 Å². The molecule has 1 saturated heterocycles. The first-order valence-electron chi connectivity index (χ1n) is 8.30. The second-order valence-corrected chi connectivity index (χ2v) is 7.76. The van der Waals surface area contributed by atoms with E-state index in [0.717, 1.165) is 11.3 Å². The number of aromatic nitrogens is 2. The van der Waals surface area contributed by atoms with E-state index >= 15 is 0 Å². The van der Waals surface area contributed by atoms with Gasteiger partial charge in [-0.2, -0.15) is 0 Å². The van der Waals surface area contributed by atoms with Gasteiger partial charge in [-0.15, -0.1) is 18.3 Å². The van der Waals surface area contributed by atoms with Crippen LogP contribution in [0.25, 0.3) is 0 Å². The van der Waals surface area contributed by atoms with Crippen molar-refractivity contribution in [3.8, 4) is 5.19 Å². The maximum atomic E-state index is 11.9. The summed E-state index contributed by atoms with van der Waals surface area (Å²) in [5.41, 5.74) is -0.573. The summed E-state index contributed by atoms with van der Waals surface area (Å²) < 4.78 is 55.2. The third-order valence-corrected chi connectivity index (χ3v) is 4.20. The number of alkyl carbamates (subject to hydrolysis) is 1. The molecule has 2 atom stereocenters. The van der Waals surface area contributed by atoms with Crippen molar-refractivity contribution in [3.05, 3.63) is 5.01 Å². The second-order valence-electron chi connectivity index (χ2n) is 6.79. The fourth-order valence-corrected chi connectivity index (χ4v) is 3.03. The molecule has 0 spiro atoms. The van der Waals surface area contributed by atoms with E-state index in [1.54, 1.807) is 20.8 Å². The third-order valence-electron chi connectivity index (χ3n) is 3.27. The van der Waals surface area contributed by atoms with Gasteiger partial charge in [-0.25, -0.2) is 4.79 Å². The molecule has 1 aromatic rings. The predicted molar refractivity (Wildman–Crippen MR) is 88.5 cm³/mol. The van der Waals surface area contributed by atoms with Crippen molar-refractivity contribution in [1.29, 1.82) is 0 Å². The number of carbonyl (C=O) groups excluding carboxylic acids is 1. The Balaban J connectivity index is 1.72. The molecule has 12 heteroatoms. The topological polar surface area (TPSA) is 91.8 Å². The molecule has 8 nitrogen and oxygen atoms in total. The molecule has 1 aliphatic rings. The predicted octanol–water partition coefficient (Wildman–Crippen LogP) is 3.20. The number of amides is 1. The second kappa shape index (κ2) is 9.02. The van der Waals surface area contributed by atoms with E-state index < -0.39 is 24.7 Å². The minimum Gasteiger partial charge on any atom is -0.466 e. The van der Waals surface area contributed by atoms with Crippen LogP contribution in [0, 0.1) is 0 Å². The summed E-state index contributed by atoms with van der Waals surface area (Å²) in [5, 5.41) is 11.2. The molecule has 154 valence electrons. The quantitative estimate of drug-likeness (QED) is 0.716. The summed E-state index contributed by atoms with van der Waals surface area (Å²) in [4.78, 5) is 11.8. The van der Waals surface area contributed by atoms with Gasteiger partial charge in [-0.05, 0) is 33.6 Å². The monoisotopic (exact) mass is 413 g/mol. The van der Waals surface area contributed by atoms with Crippen LogP contribution in [0.15, 0.2) is 0 Å². The maximum Gasteiger partial charge on any atom is 0.522 e. The van der Waals surface area contributed by atoms with E-state index in [9.17, 15) is 18.0 Å². The standard InChI is InChI=1S/C15H22F3N3O5S/c1-14(2,3)26-12(22)19-9-4-5-10(24-8-9)11-20-21-13(27-11)23-6-7-25-15(16,17)18/h9-10H,4-8H2,1-3H3,(H,19,22)/t9-,10+/m1/s1. The van der Waals surface area contributed by atoms with Gasteiger partial charge in [0.05, 0.1) is 19.3 Å². The number of nitrogens with one attached hydrogen (secondary N) is 1. The lowest BCUT2D eigenvalue weighted by molar-refractivity contribution is -0.325. The first-order chi connectivity index (χ1) is 12.5. The van der Waals surface area contributed by atoms with Gasteiger partial charge in [0.1, 0.15) is 23.3 Å². The highest BCUT2D eigenvalue weighted by Gasteiger charge is 2.30. The lowest BCUT2D eigenvalue weighted by atomic mass is 10.1. The van der Waals surface area contributed by atoms with Crippen LogP contribution >= 0.6 is 11.3 Å². The molecule has 0 unspecified atom stereocenters. The fraction of sp³-hybridized carbons (Fsp3) is 0.800. The van der Waals surface area contributed by atoms with Crippen LogP contribution in [0.4, 0.5) is 18.0 Å². The Morgan fingerprint density at radius 3 is 2.59 bits per heavy atom. The highest BCUT2D eigenvalue weighted by Crippen LogP contribution is 2.32. The Bertz CT molecular complexity index is 613. The highest BCUT2D eigenvalue weighted by molar-refractivity contribution is 7.13.